The number of hydrogen-bond donors (Lipinski definition) is 1. The van der Waals surface area contributed by atoms with Crippen LogP contribution in [0.3, 0.4) is 0 Å². The SMILES string of the molecule is CCOc1cc(/C=N/Nc2ccc(C)cc2)cc([N+](=O)[O-])c1OC. The second-order valence-electron chi connectivity index (χ2n) is 5.00. The minimum atomic E-state index is -0.508. The van der Waals surface area contributed by atoms with Crippen LogP contribution in [0.4, 0.5) is 11.4 Å². The summed E-state index contributed by atoms with van der Waals surface area (Å²) in [5, 5.41) is 15.3. The molecule has 0 spiro atoms. The van der Waals surface area contributed by atoms with Gasteiger partial charge >= 0.3 is 5.69 Å². The summed E-state index contributed by atoms with van der Waals surface area (Å²) in [6, 6.07) is 10.8. The molecule has 0 fully saturated rings. The predicted octanol–water partition coefficient (Wildman–Crippen LogP) is 3.76. The number of methoxy groups -OCH3 is 1. The Morgan fingerprint density at radius 1 is 1.29 bits per heavy atom. The number of nitro benzene ring substituents is 1. The normalized spacial score (nSPS) is 10.6. The molecule has 0 saturated heterocycles. The van der Waals surface area contributed by atoms with Crippen molar-refractivity contribution in [2.75, 3.05) is 19.1 Å². The Morgan fingerprint density at radius 3 is 2.58 bits per heavy atom. The third-order valence-electron chi connectivity index (χ3n) is 3.22. The Balaban J connectivity index is 2.27. The van der Waals surface area contributed by atoms with Crippen molar-refractivity contribution in [3.8, 4) is 11.5 Å². The lowest BCUT2D eigenvalue weighted by Crippen LogP contribution is -2.01. The Kier molecular flexibility index (Phi) is 5.73. The number of hydrogen-bond acceptors (Lipinski definition) is 6. The van der Waals surface area contributed by atoms with Gasteiger partial charge < -0.3 is 9.47 Å². The molecule has 24 heavy (non-hydrogen) atoms. The van der Waals surface area contributed by atoms with Crippen molar-refractivity contribution in [1.82, 2.24) is 0 Å². The van der Waals surface area contributed by atoms with Crippen LogP contribution in [-0.2, 0) is 0 Å². The summed E-state index contributed by atoms with van der Waals surface area (Å²) in [7, 11) is 1.37. The number of nitrogens with zero attached hydrogens (tertiary/aromatic N) is 2. The topological polar surface area (TPSA) is 86.0 Å². The molecular formula is C17H19N3O4. The van der Waals surface area contributed by atoms with E-state index in [9.17, 15) is 10.1 Å². The van der Waals surface area contributed by atoms with E-state index in [0.717, 1.165) is 11.3 Å². The van der Waals surface area contributed by atoms with Crippen molar-refractivity contribution in [3.05, 3.63) is 57.6 Å². The van der Waals surface area contributed by atoms with Gasteiger partial charge in [-0.05, 0) is 32.0 Å². The predicted molar refractivity (Wildman–Crippen MR) is 93.2 cm³/mol. The molecule has 0 amide bonds. The molecule has 0 saturated carbocycles. The first-order valence-corrected chi connectivity index (χ1v) is 7.40. The molecule has 0 heterocycles. The largest absolute Gasteiger partial charge is 0.490 e. The first-order valence-electron chi connectivity index (χ1n) is 7.40. The van der Waals surface area contributed by atoms with Gasteiger partial charge in [0.15, 0.2) is 5.75 Å². The number of ether oxygens (including phenoxy) is 2. The number of benzene rings is 2. The van der Waals surface area contributed by atoms with Gasteiger partial charge in [-0.25, -0.2) is 0 Å². The lowest BCUT2D eigenvalue weighted by molar-refractivity contribution is -0.385. The van der Waals surface area contributed by atoms with Crippen molar-refractivity contribution in [2.45, 2.75) is 13.8 Å². The zero-order valence-corrected chi connectivity index (χ0v) is 13.8. The van der Waals surface area contributed by atoms with E-state index < -0.39 is 4.92 Å². The Bertz CT molecular complexity index is 742. The highest BCUT2D eigenvalue weighted by atomic mass is 16.6. The molecule has 0 bridgehead atoms. The first kappa shape index (κ1) is 17.3. The fraction of sp³-hybridized carbons (Fsp3) is 0.235. The lowest BCUT2D eigenvalue weighted by atomic mass is 10.2. The molecule has 0 radical (unpaired) electrons. The fourth-order valence-electron chi connectivity index (χ4n) is 2.10. The molecule has 1 N–H and O–H groups in total. The molecule has 0 aliphatic rings. The lowest BCUT2D eigenvalue weighted by Gasteiger charge is -2.10. The van der Waals surface area contributed by atoms with E-state index in [1.165, 1.54) is 19.4 Å². The number of nitrogens with one attached hydrogen (secondary N) is 1. The number of aryl methyl sites for hydroxylation is 1. The van der Waals surface area contributed by atoms with Gasteiger partial charge in [-0.15, -0.1) is 0 Å². The number of hydrazone groups is 1. The van der Waals surface area contributed by atoms with Crippen molar-refractivity contribution in [1.29, 1.82) is 0 Å². The van der Waals surface area contributed by atoms with E-state index in [4.69, 9.17) is 9.47 Å². The average Bonchev–Trinajstić information content (AvgIpc) is 2.56. The van der Waals surface area contributed by atoms with Crippen LogP contribution in [0.15, 0.2) is 41.5 Å². The minimum Gasteiger partial charge on any atom is -0.490 e. The van der Waals surface area contributed by atoms with Crippen LogP contribution < -0.4 is 14.9 Å². The van der Waals surface area contributed by atoms with Crippen molar-refractivity contribution in [2.24, 2.45) is 5.10 Å². The van der Waals surface area contributed by atoms with E-state index >= 15 is 0 Å². The van der Waals surface area contributed by atoms with Gasteiger partial charge in [0.2, 0.25) is 5.75 Å². The van der Waals surface area contributed by atoms with Gasteiger partial charge in [-0.2, -0.15) is 5.10 Å². The van der Waals surface area contributed by atoms with Crippen molar-refractivity contribution >= 4 is 17.6 Å². The number of anilines is 1. The third-order valence-corrected chi connectivity index (χ3v) is 3.22. The first-order chi connectivity index (χ1) is 11.5. The maximum atomic E-state index is 11.2. The van der Waals surface area contributed by atoms with Gasteiger partial charge in [-0.1, -0.05) is 17.7 Å². The highest BCUT2D eigenvalue weighted by Gasteiger charge is 2.21. The Labute approximate surface area is 140 Å². The molecule has 7 heteroatoms. The van der Waals surface area contributed by atoms with Crippen molar-refractivity contribution in [3.63, 3.8) is 0 Å². The van der Waals surface area contributed by atoms with E-state index in [1.807, 2.05) is 31.2 Å². The number of nitro groups is 1. The summed E-state index contributed by atoms with van der Waals surface area (Å²) in [6.45, 7) is 4.17. The molecule has 2 aromatic carbocycles. The van der Waals surface area contributed by atoms with Crippen LogP contribution in [0, 0.1) is 17.0 Å². The van der Waals surface area contributed by atoms with E-state index in [1.54, 1.807) is 13.0 Å². The quantitative estimate of drug-likeness (QED) is 0.475. The van der Waals surface area contributed by atoms with Crippen LogP contribution in [0.25, 0.3) is 0 Å². The molecule has 0 unspecified atom stereocenters. The summed E-state index contributed by atoms with van der Waals surface area (Å²) in [5.41, 5.74) is 5.22. The molecule has 2 rings (SSSR count). The second kappa shape index (κ2) is 7.96. The van der Waals surface area contributed by atoms with Gasteiger partial charge in [0, 0.05) is 11.6 Å². The highest BCUT2D eigenvalue weighted by Crippen LogP contribution is 2.37. The summed E-state index contributed by atoms with van der Waals surface area (Å²) in [4.78, 5) is 10.7. The Morgan fingerprint density at radius 2 is 2.00 bits per heavy atom. The summed E-state index contributed by atoms with van der Waals surface area (Å²) in [6.07, 6.45) is 1.49. The second-order valence-corrected chi connectivity index (χ2v) is 5.00. The molecule has 0 aliphatic heterocycles. The maximum absolute atomic E-state index is 11.2. The van der Waals surface area contributed by atoms with Gasteiger partial charge in [0.05, 0.1) is 30.5 Å². The minimum absolute atomic E-state index is 0.102. The van der Waals surface area contributed by atoms with E-state index in [-0.39, 0.29) is 11.4 Å². The molecule has 2 aromatic rings. The smallest absolute Gasteiger partial charge is 0.315 e. The fourth-order valence-corrected chi connectivity index (χ4v) is 2.10. The monoisotopic (exact) mass is 329 g/mol. The third kappa shape index (κ3) is 4.22. The molecule has 0 aromatic heterocycles. The highest BCUT2D eigenvalue weighted by molar-refractivity contribution is 5.83. The maximum Gasteiger partial charge on any atom is 0.315 e. The molecule has 126 valence electrons. The zero-order chi connectivity index (χ0) is 17.5. The molecule has 7 nitrogen and oxygen atoms in total. The number of rotatable bonds is 7. The van der Waals surface area contributed by atoms with Crippen LogP contribution in [0.1, 0.15) is 18.1 Å². The van der Waals surface area contributed by atoms with Crippen molar-refractivity contribution < 1.29 is 14.4 Å². The molecule has 0 aliphatic carbocycles. The zero-order valence-electron chi connectivity index (χ0n) is 13.8. The molecule has 0 atom stereocenters. The van der Waals surface area contributed by atoms with E-state index in [0.29, 0.717) is 17.9 Å². The summed E-state index contributed by atoms with van der Waals surface area (Å²) in [5.74, 6) is 0.413. The van der Waals surface area contributed by atoms with Gasteiger partial charge in [-0.3, -0.25) is 15.5 Å². The van der Waals surface area contributed by atoms with E-state index in [2.05, 4.69) is 10.5 Å². The molecular weight excluding hydrogens is 310 g/mol. The van der Waals surface area contributed by atoms with Crippen LogP contribution in [0.2, 0.25) is 0 Å². The Hall–Kier alpha value is -3.09. The standard InChI is InChI=1S/C17H19N3O4/c1-4-24-16-10-13(9-15(20(21)22)17(16)23-3)11-18-19-14-7-5-12(2)6-8-14/h5-11,19H,4H2,1-3H3/b18-11+. The van der Waals surface area contributed by atoms with Crippen LogP contribution in [0.5, 0.6) is 11.5 Å². The van der Waals surface area contributed by atoms with Gasteiger partial charge in [0.25, 0.3) is 0 Å². The summed E-state index contributed by atoms with van der Waals surface area (Å²) < 4.78 is 10.5. The van der Waals surface area contributed by atoms with Crippen LogP contribution >= 0.6 is 0 Å². The summed E-state index contributed by atoms with van der Waals surface area (Å²) >= 11 is 0. The average molecular weight is 329 g/mol. The van der Waals surface area contributed by atoms with Gasteiger partial charge in [0.1, 0.15) is 0 Å². The van der Waals surface area contributed by atoms with Crippen LogP contribution in [-0.4, -0.2) is 24.9 Å².